The van der Waals surface area contributed by atoms with Crippen LogP contribution in [0.1, 0.15) is 45.4 Å². The van der Waals surface area contributed by atoms with Crippen molar-refractivity contribution in [1.82, 2.24) is 10.3 Å². The summed E-state index contributed by atoms with van der Waals surface area (Å²) in [5.74, 6) is 0.305. The van der Waals surface area contributed by atoms with E-state index < -0.39 is 0 Å². The van der Waals surface area contributed by atoms with Gasteiger partial charge in [-0.2, -0.15) is 0 Å². The van der Waals surface area contributed by atoms with Crippen molar-refractivity contribution in [2.45, 2.75) is 62.0 Å². The highest BCUT2D eigenvalue weighted by molar-refractivity contribution is 8.00. The number of benzene rings is 1. The molecule has 1 heterocycles. The Labute approximate surface area is 151 Å². The van der Waals surface area contributed by atoms with E-state index in [1.54, 1.807) is 18.3 Å². The quantitative estimate of drug-likeness (QED) is 0.613. The molecule has 1 amide bonds. The maximum atomic E-state index is 13.0. The molecule has 0 spiro atoms. The predicted octanol–water partition coefficient (Wildman–Crippen LogP) is 4.80. The lowest BCUT2D eigenvalue weighted by molar-refractivity contribution is -0.121. The minimum Gasteiger partial charge on any atom is -0.431 e. The molecule has 1 N–H and O–H groups in total. The molecule has 1 aliphatic rings. The first kappa shape index (κ1) is 18.0. The van der Waals surface area contributed by atoms with Gasteiger partial charge in [0.2, 0.25) is 5.91 Å². The number of nitrogens with zero attached hydrogens (tertiary/aromatic N) is 1. The molecule has 0 aliphatic heterocycles. The number of hydrogen-bond acceptors (Lipinski definition) is 4. The van der Waals surface area contributed by atoms with Crippen LogP contribution in [0.5, 0.6) is 0 Å². The van der Waals surface area contributed by atoms with Crippen LogP contribution in [0.3, 0.4) is 0 Å². The third kappa shape index (κ3) is 5.08. The van der Waals surface area contributed by atoms with E-state index in [9.17, 15) is 9.18 Å². The van der Waals surface area contributed by atoms with Crippen LogP contribution in [0.25, 0.3) is 11.3 Å². The SMILES string of the molecule is CC(Sc1ncc(-c2ccc(F)cc2)o1)C(=O)NC1CCCCCC1. The number of carbonyl (C=O) groups is 1. The zero-order valence-electron chi connectivity index (χ0n) is 14.3. The molecule has 0 radical (unpaired) electrons. The number of amides is 1. The molecule has 0 saturated heterocycles. The second-order valence-corrected chi connectivity index (χ2v) is 7.75. The van der Waals surface area contributed by atoms with Crippen LogP contribution in [-0.2, 0) is 4.79 Å². The summed E-state index contributed by atoms with van der Waals surface area (Å²) in [6.07, 6.45) is 8.64. The van der Waals surface area contributed by atoms with Gasteiger partial charge in [-0.1, -0.05) is 37.4 Å². The van der Waals surface area contributed by atoms with Gasteiger partial charge in [0.05, 0.1) is 11.4 Å². The number of hydrogen-bond donors (Lipinski definition) is 1. The molecule has 4 nitrogen and oxygen atoms in total. The van der Waals surface area contributed by atoms with Gasteiger partial charge < -0.3 is 9.73 Å². The molecule has 1 aliphatic carbocycles. The van der Waals surface area contributed by atoms with E-state index in [0.717, 1.165) is 18.4 Å². The Kier molecular flexibility index (Phi) is 6.13. The second-order valence-electron chi connectivity index (χ2n) is 6.45. The van der Waals surface area contributed by atoms with Crippen LogP contribution >= 0.6 is 11.8 Å². The van der Waals surface area contributed by atoms with E-state index in [-0.39, 0.29) is 23.0 Å². The molecular formula is C19H23FN2O2S. The second kappa shape index (κ2) is 8.52. The van der Waals surface area contributed by atoms with Gasteiger partial charge in [0.1, 0.15) is 5.82 Å². The highest BCUT2D eigenvalue weighted by Gasteiger charge is 2.21. The lowest BCUT2D eigenvalue weighted by atomic mass is 10.1. The number of halogens is 1. The van der Waals surface area contributed by atoms with Crippen LogP contribution in [0, 0.1) is 5.82 Å². The summed E-state index contributed by atoms with van der Waals surface area (Å²) >= 11 is 1.30. The monoisotopic (exact) mass is 362 g/mol. The van der Waals surface area contributed by atoms with Crippen LogP contribution in [0.15, 0.2) is 40.1 Å². The van der Waals surface area contributed by atoms with E-state index in [1.807, 2.05) is 6.92 Å². The Bertz CT molecular complexity index is 694. The number of aromatic nitrogens is 1. The van der Waals surface area contributed by atoms with Gasteiger partial charge in [0.15, 0.2) is 5.76 Å². The third-order valence-corrected chi connectivity index (χ3v) is 5.42. The lowest BCUT2D eigenvalue weighted by Crippen LogP contribution is -2.39. The molecule has 134 valence electrons. The normalized spacial score (nSPS) is 17.0. The average molecular weight is 362 g/mol. The summed E-state index contributed by atoms with van der Waals surface area (Å²) in [7, 11) is 0. The van der Waals surface area contributed by atoms with E-state index in [2.05, 4.69) is 10.3 Å². The number of thioether (sulfide) groups is 1. The Morgan fingerprint density at radius 3 is 2.60 bits per heavy atom. The standard InChI is InChI=1S/C19H23FN2O2S/c1-13(18(23)22-16-6-4-2-3-5-7-16)25-19-21-12-17(24-19)14-8-10-15(20)11-9-14/h8-13,16H,2-7H2,1H3,(H,22,23). The summed E-state index contributed by atoms with van der Waals surface area (Å²) in [6.45, 7) is 1.86. The van der Waals surface area contributed by atoms with Gasteiger partial charge in [-0.15, -0.1) is 0 Å². The van der Waals surface area contributed by atoms with E-state index in [4.69, 9.17) is 4.42 Å². The molecule has 3 rings (SSSR count). The zero-order chi connectivity index (χ0) is 17.6. The van der Waals surface area contributed by atoms with Gasteiger partial charge in [0, 0.05) is 11.6 Å². The molecular weight excluding hydrogens is 339 g/mol. The molecule has 6 heteroatoms. The molecule has 1 saturated carbocycles. The van der Waals surface area contributed by atoms with Crippen molar-refractivity contribution in [3.05, 3.63) is 36.3 Å². The summed E-state index contributed by atoms with van der Waals surface area (Å²) in [4.78, 5) is 16.6. The van der Waals surface area contributed by atoms with Gasteiger partial charge in [-0.3, -0.25) is 4.79 Å². The number of nitrogens with one attached hydrogen (secondary N) is 1. The molecule has 1 atom stereocenters. The van der Waals surface area contributed by atoms with Crippen molar-refractivity contribution < 1.29 is 13.6 Å². The fraction of sp³-hybridized carbons (Fsp3) is 0.474. The molecule has 1 aromatic carbocycles. The highest BCUT2D eigenvalue weighted by atomic mass is 32.2. The fourth-order valence-corrected chi connectivity index (χ4v) is 3.74. The lowest BCUT2D eigenvalue weighted by Gasteiger charge is -2.18. The van der Waals surface area contributed by atoms with Crippen LogP contribution in [0.2, 0.25) is 0 Å². The average Bonchev–Trinajstić information content (AvgIpc) is 2.91. The maximum Gasteiger partial charge on any atom is 0.256 e. The minimum atomic E-state index is -0.290. The Morgan fingerprint density at radius 1 is 1.24 bits per heavy atom. The summed E-state index contributed by atoms with van der Waals surface area (Å²) in [6, 6.07) is 6.34. The van der Waals surface area contributed by atoms with Crippen molar-refractivity contribution in [3.8, 4) is 11.3 Å². The molecule has 1 aromatic heterocycles. The van der Waals surface area contributed by atoms with Gasteiger partial charge in [-0.05, 0) is 44.0 Å². The van der Waals surface area contributed by atoms with E-state index >= 15 is 0 Å². The first-order valence-corrected chi connectivity index (χ1v) is 9.68. The zero-order valence-corrected chi connectivity index (χ0v) is 15.2. The van der Waals surface area contributed by atoms with Crippen LogP contribution in [-0.4, -0.2) is 22.2 Å². The Morgan fingerprint density at radius 2 is 1.92 bits per heavy atom. The summed E-state index contributed by atoms with van der Waals surface area (Å²) < 4.78 is 18.7. The predicted molar refractivity (Wildman–Crippen MR) is 96.8 cm³/mol. The molecule has 1 fully saturated rings. The highest BCUT2D eigenvalue weighted by Crippen LogP contribution is 2.28. The molecule has 1 unspecified atom stereocenters. The fourth-order valence-electron chi connectivity index (χ4n) is 3.01. The number of carbonyl (C=O) groups excluding carboxylic acids is 1. The van der Waals surface area contributed by atoms with Crippen LogP contribution < -0.4 is 5.32 Å². The van der Waals surface area contributed by atoms with Crippen molar-refractivity contribution in [2.24, 2.45) is 0 Å². The molecule has 25 heavy (non-hydrogen) atoms. The third-order valence-electron chi connectivity index (χ3n) is 4.46. The van der Waals surface area contributed by atoms with Crippen LogP contribution in [0.4, 0.5) is 4.39 Å². The number of oxazole rings is 1. The van der Waals surface area contributed by atoms with Gasteiger partial charge >= 0.3 is 0 Å². The smallest absolute Gasteiger partial charge is 0.256 e. The maximum absolute atomic E-state index is 13.0. The largest absolute Gasteiger partial charge is 0.431 e. The minimum absolute atomic E-state index is 0.0263. The van der Waals surface area contributed by atoms with Crippen molar-refractivity contribution in [2.75, 3.05) is 0 Å². The Hall–Kier alpha value is -1.82. The van der Waals surface area contributed by atoms with E-state index in [1.165, 1.54) is 49.6 Å². The van der Waals surface area contributed by atoms with Crippen molar-refractivity contribution in [3.63, 3.8) is 0 Å². The summed E-state index contributed by atoms with van der Waals surface area (Å²) in [5, 5.41) is 3.32. The number of rotatable bonds is 5. The first-order valence-electron chi connectivity index (χ1n) is 8.80. The van der Waals surface area contributed by atoms with Crippen molar-refractivity contribution in [1.29, 1.82) is 0 Å². The van der Waals surface area contributed by atoms with Crippen molar-refractivity contribution >= 4 is 17.7 Å². The van der Waals surface area contributed by atoms with E-state index in [0.29, 0.717) is 11.0 Å². The van der Waals surface area contributed by atoms with Gasteiger partial charge in [-0.25, -0.2) is 9.37 Å². The first-order chi connectivity index (χ1) is 12.1. The molecule has 0 bridgehead atoms. The van der Waals surface area contributed by atoms with Gasteiger partial charge in [0.25, 0.3) is 5.22 Å². The molecule has 2 aromatic rings. The summed E-state index contributed by atoms with van der Waals surface area (Å²) in [5.41, 5.74) is 0.760. The topological polar surface area (TPSA) is 55.1 Å². The Balaban J connectivity index is 1.56.